The molecule has 0 spiro atoms. The van der Waals surface area contributed by atoms with Gasteiger partial charge in [-0.2, -0.15) is 0 Å². The number of aromatic nitrogens is 1. The third-order valence-electron chi connectivity index (χ3n) is 2.62. The van der Waals surface area contributed by atoms with Crippen LogP contribution < -0.4 is 5.32 Å². The van der Waals surface area contributed by atoms with Crippen molar-refractivity contribution in [2.75, 3.05) is 6.54 Å². The number of hydrogen-bond acceptors (Lipinski definition) is 3. The molecule has 5 heteroatoms. The Morgan fingerprint density at radius 1 is 1.40 bits per heavy atom. The van der Waals surface area contributed by atoms with Gasteiger partial charge >= 0.3 is 5.97 Å². The smallest absolute Gasteiger partial charge is 0.328 e. The van der Waals surface area contributed by atoms with Gasteiger partial charge in [-0.15, -0.1) is 0 Å². The number of carboxylic acid groups (broad SMARTS) is 1. The van der Waals surface area contributed by atoms with Gasteiger partial charge in [0.05, 0.1) is 0 Å². The van der Waals surface area contributed by atoms with Gasteiger partial charge in [-0.3, -0.25) is 9.78 Å². The van der Waals surface area contributed by atoms with Crippen LogP contribution in [-0.4, -0.2) is 28.5 Å². The van der Waals surface area contributed by atoms with Crippen molar-refractivity contribution in [2.45, 2.75) is 27.2 Å². The third kappa shape index (κ3) is 5.65. The van der Waals surface area contributed by atoms with Crippen molar-refractivity contribution in [1.82, 2.24) is 10.3 Å². The van der Waals surface area contributed by atoms with Gasteiger partial charge in [0, 0.05) is 24.4 Å². The van der Waals surface area contributed by atoms with Crippen LogP contribution in [0.25, 0.3) is 6.08 Å². The van der Waals surface area contributed by atoms with Crippen molar-refractivity contribution in [2.24, 2.45) is 5.41 Å². The number of amides is 1. The first-order valence-corrected chi connectivity index (χ1v) is 6.44. The largest absolute Gasteiger partial charge is 0.478 e. The summed E-state index contributed by atoms with van der Waals surface area (Å²) in [4.78, 5) is 26.6. The molecule has 0 unspecified atom stereocenters. The predicted molar refractivity (Wildman–Crippen MR) is 77.3 cm³/mol. The molecule has 108 valence electrons. The Morgan fingerprint density at radius 2 is 2.10 bits per heavy atom. The second-order valence-corrected chi connectivity index (χ2v) is 5.68. The summed E-state index contributed by atoms with van der Waals surface area (Å²) in [5.74, 6) is -1.35. The van der Waals surface area contributed by atoms with Crippen molar-refractivity contribution in [3.63, 3.8) is 0 Å². The Balaban J connectivity index is 2.75. The average molecular weight is 276 g/mol. The van der Waals surface area contributed by atoms with Crippen LogP contribution in [-0.2, 0) is 4.79 Å². The van der Waals surface area contributed by atoms with Gasteiger partial charge in [0.25, 0.3) is 5.91 Å². The van der Waals surface area contributed by atoms with Crippen molar-refractivity contribution in [3.8, 4) is 0 Å². The Hall–Kier alpha value is -2.17. The molecule has 0 atom stereocenters. The molecule has 0 aliphatic rings. The van der Waals surface area contributed by atoms with Crippen LogP contribution in [0.1, 0.15) is 43.2 Å². The van der Waals surface area contributed by atoms with Crippen molar-refractivity contribution in [1.29, 1.82) is 0 Å². The highest BCUT2D eigenvalue weighted by atomic mass is 16.4. The summed E-state index contributed by atoms with van der Waals surface area (Å²) < 4.78 is 0. The van der Waals surface area contributed by atoms with Gasteiger partial charge in [-0.05, 0) is 24.0 Å². The minimum absolute atomic E-state index is 0.142. The summed E-state index contributed by atoms with van der Waals surface area (Å²) in [5.41, 5.74) is 0.866. The zero-order valence-corrected chi connectivity index (χ0v) is 12.0. The summed E-state index contributed by atoms with van der Waals surface area (Å²) >= 11 is 0. The van der Waals surface area contributed by atoms with Crippen molar-refractivity contribution >= 4 is 18.0 Å². The number of aliphatic carboxylic acids is 1. The van der Waals surface area contributed by atoms with E-state index in [0.717, 1.165) is 12.5 Å². The maximum absolute atomic E-state index is 12.0. The normalized spacial score (nSPS) is 11.6. The quantitative estimate of drug-likeness (QED) is 0.809. The minimum atomic E-state index is -1.06. The predicted octanol–water partition coefficient (Wildman–Crippen LogP) is 2.35. The Kier molecular flexibility index (Phi) is 5.43. The lowest BCUT2D eigenvalue weighted by atomic mass is 9.92. The molecule has 20 heavy (non-hydrogen) atoms. The zero-order chi connectivity index (χ0) is 15.2. The second-order valence-electron chi connectivity index (χ2n) is 5.68. The molecular weight excluding hydrogens is 256 g/mol. The number of nitrogens with zero attached hydrogens (tertiary/aromatic N) is 1. The number of rotatable bonds is 5. The molecule has 0 saturated heterocycles. The van der Waals surface area contributed by atoms with E-state index in [4.69, 9.17) is 5.11 Å². The lowest BCUT2D eigenvalue weighted by Gasteiger charge is -2.18. The number of carbonyl (C=O) groups is 2. The van der Waals surface area contributed by atoms with E-state index >= 15 is 0 Å². The molecule has 1 aromatic heterocycles. The average Bonchev–Trinajstić information content (AvgIpc) is 2.35. The van der Waals surface area contributed by atoms with Crippen LogP contribution in [0.2, 0.25) is 0 Å². The van der Waals surface area contributed by atoms with Gasteiger partial charge in [0.2, 0.25) is 0 Å². The zero-order valence-electron chi connectivity index (χ0n) is 12.0. The highest BCUT2D eigenvalue weighted by molar-refractivity contribution is 5.97. The summed E-state index contributed by atoms with van der Waals surface area (Å²) in [6.07, 6.45) is 4.72. The lowest BCUT2D eigenvalue weighted by molar-refractivity contribution is -0.131. The van der Waals surface area contributed by atoms with E-state index < -0.39 is 5.97 Å². The van der Waals surface area contributed by atoms with Gasteiger partial charge in [-0.1, -0.05) is 26.8 Å². The van der Waals surface area contributed by atoms with Crippen LogP contribution in [0.3, 0.4) is 0 Å². The van der Waals surface area contributed by atoms with Crippen molar-refractivity contribution in [3.05, 3.63) is 35.7 Å². The number of carboxylic acids is 1. The number of pyridine rings is 1. The lowest BCUT2D eigenvalue weighted by Crippen LogP contribution is -2.28. The first kappa shape index (κ1) is 15.9. The molecule has 5 nitrogen and oxygen atoms in total. The Morgan fingerprint density at radius 3 is 2.70 bits per heavy atom. The van der Waals surface area contributed by atoms with Crippen LogP contribution >= 0.6 is 0 Å². The van der Waals surface area contributed by atoms with Gasteiger partial charge in [-0.25, -0.2) is 4.79 Å². The summed E-state index contributed by atoms with van der Waals surface area (Å²) in [6, 6.07) is 3.32. The van der Waals surface area contributed by atoms with Crippen LogP contribution in [0.4, 0.5) is 0 Å². The molecule has 0 aliphatic carbocycles. The molecule has 1 rings (SSSR count). The number of hydrogen-bond donors (Lipinski definition) is 2. The highest BCUT2D eigenvalue weighted by Gasteiger charge is 2.13. The van der Waals surface area contributed by atoms with Crippen LogP contribution in [0.15, 0.2) is 24.4 Å². The first-order chi connectivity index (χ1) is 9.29. The molecule has 0 aliphatic heterocycles. The maximum Gasteiger partial charge on any atom is 0.328 e. The number of nitrogens with one attached hydrogen (secondary N) is 1. The standard InChI is InChI=1S/C15H20N2O3/c1-15(2,3)8-10-17-14(20)13-11(5-4-9-16-13)6-7-12(18)19/h4-7,9H,8,10H2,1-3H3,(H,17,20)(H,18,19)/b7-6+. The summed E-state index contributed by atoms with van der Waals surface area (Å²) in [5, 5.41) is 11.4. The minimum Gasteiger partial charge on any atom is -0.478 e. The van der Waals surface area contributed by atoms with E-state index in [1.807, 2.05) is 0 Å². The highest BCUT2D eigenvalue weighted by Crippen LogP contribution is 2.17. The van der Waals surface area contributed by atoms with Crippen LogP contribution in [0.5, 0.6) is 0 Å². The molecule has 0 radical (unpaired) electrons. The van der Waals surface area contributed by atoms with E-state index in [1.165, 1.54) is 12.3 Å². The van der Waals surface area contributed by atoms with E-state index in [2.05, 4.69) is 31.1 Å². The van der Waals surface area contributed by atoms with Crippen LogP contribution in [0, 0.1) is 5.41 Å². The molecule has 0 aromatic carbocycles. The van der Waals surface area contributed by atoms with Gasteiger partial charge in [0.1, 0.15) is 5.69 Å². The molecule has 0 saturated carbocycles. The van der Waals surface area contributed by atoms with Gasteiger partial charge < -0.3 is 10.4 Å². The van der Waals surface area contributed by atoms with E-state index in [9.17, 15) is 9.59 Å². The number of carbonyl (C=O) groups excluding carboxylic acids is 1. The van der Waals surface area contributed by atoms with Crippen molar-refractivity contribution < 1.29 is 14.7 Å². The topological polar surface area (TPSA) is 79.3 Å². The summed E-state index contributed by atoms with van der Waals surface area (Å²) in [7, 11) is 0. The summed E-state index contributed by atoms with van der Waals surface area (Å²) in [6.45, 7) is 6.85. The molecular formula is C15H20N2O3. The van der Waals surface area contributed by atoms with E-state index in [0.29, 0.717) is 12.1 Å². The second kappa shape index (κ2) is 6.84. The fourth-order valence-corrected chi connectivity index (χ4v) is 1.54. The molecule has 1 aromatic rings. The molecule has 0 bridgehead atoms. The Labute approximate surface area is 118 Å². The van der Waals surface area contributed by atoms with Gasteiger partial charge in [0.15, 0.2) is 0 Å². The van der Waals surface area contributed by atoms with E-state index in [1.54, 1.807) is 12.1 Å². The third-order valence-corrected chi connectivity index (χ3v) is 2.62. The molecule has 0 fully saturated rings. The molecule has 1 amide bonds. The molecule has 2 N–H and O–H groups in total. The fourth-order valence-electron chi connectivity index (χ4n) is 1.54. The SMILES string of the molecule is CC(C)(C)CCNC(=O)c1ncccc1/C=C/C(=O)O. The first-order valence-electron chi connectivity index (χ1n) is 6.44. The maximum atomic E-state index is 12.0. The molecule has 1 heterocycles. The van der Waals surface area contributed by atoms with E-state index in [-0.39, 0.29) is 17.0 Å². The fraction of sp³-hybridized carbons (Fsp3) is 0.400. The monoisotopic (exact) mass is 276 g/mol. The Bertz CT molecular complexity index is 516.